The van der Waals surface area contributed by atoms with E-state index in [1.54, 1.807) is 18.5 Å². The minimum Gasteiger partial charge on any atom is -0.346 e. The molecule has 2 N–H and O–H groups in total. The first-order chi connectivity index (χ1) is 14.3. The maximum Gasteiger partial charge on any atom is 0.243 e. The van der Waals surface area contributed by atoms with Crippen molar-refractivity contribution in [2.45, 2.75) is 17.3 Å². The highest BCUT2D eigenvalue weighted by molar-refractivity contribution is 8.00. The third kappa shape index (κ3) is 4.82. The van der Waals surface area contributed by atoms with Crippen LogP contribution in [0, 0.1) is 17.5 Å². The van der Waals surface area contributed by atoms with Crippen molar-refractivity contribution < 1.29 is 22.8 Å². The SMILES string of the molecule is CC(Sc1nnc(-c2cccs2)n1C)C(=O)NCC(=O)Nc1ccc(F)c(F)c1F. The summed E-state index contributed by atoms with van der Waals surface area (Å²) in [5.74, 6) is -5.13. The Morgan fingerprint density at radius 1 is 1.20 bits per heavy atom. The number of hydrogen-bond acceptors (Lipinski definition) is 6. The van der Waals surface area contributed by atoms with Crippen LogP contribution in [-0.4, -0.2) is 38.4 Å². The molecule has 2 heterocycles. The van der Waals surface area contributed by atoms with Crippen LogP contribution >= 0.6 is 23.1 Å². The molecule has 3 aromatic rings. The van der Waals surface area contributed by atoms with Crippen molar-refractivity contribution in [2.24, 2.45) is 7.05 Å². The minimum absolute atomic E-state index is 0.457. The van der Waals surface area contributed by atoms with Crippen LogP contribution < -0.4 is 10.6 Å². The molecule has 7 nitrogen and oxygen atoms in total. The second-order valence-corrected chi connectivity index (χ2v) is 8.35. The summed E-state index contributed by atoms with van der Waals surface area (Å²) < 4.78 is 41.5. The van der Waals surface area contributed by atoms with Crippen LogP contribution in [0.15, 0.2) is 34.8 Å². The van der Waals surface area contributed by atoms with Gasteiger partial charge in [-0.15, -0.1) is 21.5 Å². The summed E-state index contributed by atoms with van der Waals surface area (Å²) in [5, 5.41) is 14.5. The molecule has 1 atom stereocenters. The molecular weight excluding hydrogens is 439 g/mol. The molecule has 0 bridgehead atoms. The van der Waals surface area contributed by atoms with Crippen LogP contribution in [0.3, 0.4) is 0 Å². The van der Waals surface area contributed by atoms with Gasteiger partial charge in [-0.1, -0.05) is 17.8 Å². The smallest absolute Gasteiger partial charge is 0.243 e. The van der Waals surface area contributed by atoms with Gasteiger partial charge in [-0.05, 0) is 30.5 Å². The fraction of sp³-hybridized carbons (Fsp3) is 0.222. The number of halogens is 3. The average Bonchev–Trinajstić information content (AvgIpc) is 3.37. The molecule has 3 rings (SSSR count). The Hall–Kier alpha value is -2.86. The van der Waals surface area contributed by atoms with Gasteiger partial charge in [0.25, 0.3) is 0 Å². The monoisotopic (exact) mass is 455 g/mol. The van der Waals surface area contributed by atoms with Crippen molar-refractivity contribution in [2.75, 3.05) is 11.9 Å². The summed E-state index contributed by atoms with van der Waals surface area (Å²) in [6.45, 7) is 1.16. The van der Waals surface area contributed by atoms with E-state index in [2.05, 4.69) is 20.8 Å². The van der Waals surface area contributed by atoms with Crippen molar-refractivity contribution in [1.82, 2.24) is 20.1 Å². The van der Waals surface area contributed by atoms with Crippen molar-refractivity contribution in [3.8, 4) is 10.7 Å². The number of rotatable bonds is 7. The van der Waals surface area contributed by atoms with Gasteiger partial charge in [-0.2, -0.15) is 0 Å². The molecule has 30 heavy (non-hydrogen) atoms. The molecule has 0 saturated carbocycles. The van der Waals surface area contributed by atoms with Gasteiger partial charge in [0, 0.05) is 7.05 Å². The largest absolute Gasteiger partial charge is 0.346 e. The zero-order valence-electron chi connectivity index (χ0n) is 15.8. The number of thiophene rings is 1. The van der Waals surface area contributed by atoms with Crippen LogP contribution in [0.4, 0.5) is 18.9 Å². The Labute approximate surface area is 177 Å². The summed E-state index contributed by atoms with van der Waals surface area (Å²) in [4.78, 5) is 25.1. The van der Waals surface area contributed by atoms with Crippen LogP contribution in [0.1, 0.15) is 6.92 Å². The van der Waals surface area contributed by atoms with E-state index in [1.807, 2.05) is 17.5 Å². The summed E-state index contributed by atoms with van der Waals surface area (Å²) in [6.07, 6.45) is 0. The summed E-state index contributed by atoms with van der Waals surface area (Å²) in [5.41, 5.74) is -0.518. The highest BCUT2D eigenvalue weighted by Crippen LogP contribution is 2.28. The summed E-state index contributed by atoms with van der Waals surface area (Å²) in [7, 11) is 1.78. The number of benzene rings is 1. The Kier molecular flexibility index (Phi) is 6.77. The number of carbonyl (C=O) groups is 2. The van der Waals surface area contributed by atoms with Gasteiger partial charge in [0.15, 0.2) is 28.4 Å². The van der Waals surface area contributed by atoms with Crippen LogP contribution in [0.5, 0.6) is 0 Å². The third-order valence-corrected chi connectivity index (χ3v) is 5.96. The fourth-order valence-corrected chi connectivity index (χ4v) is 3.96. The highest BCUT2D eigenvalue weighted by Gasteiger charge is 2.21. The Morgan fingerprint density at radius 3 is 2.67 bits per heavy atom. The summed E-state index contributed by atoms with van der Waals surface area (Å²) in [6, 6.07) is 5.39. The standard InChI is InChI=1S/C18H16F3N5O2S2/c1-9(30-18-25-24-16(26(18)2)12-4-3-7-29-12)17(28)22-8-13(27)23-11-6-5-10(19)14(20)15(11)21/h3-7,9H,8H2,1-2H3,(H,22,28)(H,23,27). The topological polar surface area (TPSA) is 88.9 Å². The van der Waals surface area contributed by atoms with Gasteiger partial charge >= 0.3 is 0 Å². The predicted octanol–water partition coefficient (Wildman–Crippen LogP) is 3.20. The summed E-state index contributed by atoms with van der Waals surface area (Å²) >= 11 is 2.67. The second-order valence-electron chi connectivity index (χ2n) is 6.09. The molecule has 2 aromatic heterocycles. The van der Waals surface area contributed by atoms with Gasteiger partial charge in [0.05, 0.1) is 22.4 Å². The first-order valence-electron chi connectivity index (χ1n) is 8.59. The van der Waals surface area contributed by atoms with Crippen molar-refractivity contribution in [1.29, 1.82) is 0 Å². The van der Waals surface area contributed by atoms with E-state index in [0.29, 0.717) is 17.0 Å². The number of hydrogen-bond donors (Lipinski definition) is 2. The van der Waals surface area contributed by atoms with E-state index >= 15 is 0 Å². The lowest BCUT2D eigenvalue weighted by Crippen LogP contribution is -2.37. The Morgan fingerprint density at radius 2 is 1.97 bits per heavy atom. The van der Waals surface area contributed by atoms with E-state index in [0.717, 1.165) is 22.7 Å². The first-order valence-corrected chi connectivity index (χ1v) is 10.3. The van der Waals surface area contributed by atoms with E-state index in [1.165, 1.54) is 11.3 Å². The lowest BCUT2D eigenvalue weighted by molar-refractivity contribution is -0.123. The molecule has 0 aliphatic carbocycles. The number of thioether (sulfide) groups is 1. The number of aromatic nitrogens is 3. The van der Waals surface area contributed by atoms with E-state index < -0.39 is 46.7 Å². The molecule has 0 aliphatic rings. The molecule has 0 spiro atoms. The fourth-order valence-electron chi connectivity index (χ4n) is 2.38. The van der Waals surface area contributed by atoms with Gasteiger partial charge in [0.2, 0.25) is 11.8 Å². The van der Waals surface area contributed by atoms with Crippen molar-refractivity contribution in [3.63, 3.8) is 0 Å². The molecular formula is C18H16F3N5O2S2. The van der Waals surface area contributed by atoms with Crippen LogP contribution in [0.25, 0.3) is 10.7 Å². The van der Waals surface area contributed by atoms with E-state index in [9.17, 15) is 22.8 Å². The number of nitrogens with zero attached hydrogens (tertiary/aromatic N) is 3. The van der Waals surface area contributed by atoms with Gasteiger partial charge < -0.3 is 15.2 Å². The molecule has 158 valence electrons. The minimum atomic E-state index is -1.69. The quantitative estimate of drug-likeness (QED) is 0.422. The molecule has 0 saturated heterocycles. The molecule has 12 heteroatoms. The van der Waals surface area contributed by atoms with Crippen LogP contribution in [0.2, 0.25) is 0 Å². The zero-order valence-corrected chi connectivity index (χ0v) is 17.4. The molecule has 1 aromatic carbocycles. The molecule has 2 amide bonds. The number of nitrogens with one attached hydrogen (secondary N) is 2. The third-order valence-electron chi connectivity index (χ3n) is 3.96. The molecule has 0 aliphatic heterocycles. The zero-order chi connectivity index (χ0) is 21.8. The number of amides is 2. The number of anilines is 1. The predicted molar refractivity (Wildman–Crippen MR) is 108 cm³/mol. The average molecular weight is 455 g/mol. The maximum atomic E-state index is 13.6. The lowest BCUT2D eigenvalue weighted by atomic mass is 10.2. The molecule has 0 fully saturated rings. The molecule has 1 unspecified atom stereocenters. The Balaban J connectivity index is 1.54. The van der Waals surface area contributed by atoms with E-state index in [-0.39, 0.29) is 0 Å². The number of carbonyl (C=O) groups excluding carboxylic acids is 2. The van der Waals surface area contributed by atoms with Gasteiger partial charge in [-0.3, -0.25) is 9.59 Å². The van der Waals surface area contributed by atoms with Gasteiger partial charge in [-0.25, -0.2) is 13.2 Å². The highest BCUT2D eigenvalue weighted by atomic mass is 32.2. The van der Waals surface area contributed by atoms with Crippen molar-refractivity contribution in [3.05, 3.63) is 47.1 Å². The maximum absolute atomic E-state index is 13.6. The molecule has 0 radical (unpaired) electrons. The van der Waals surface area contributed by atoms with Gasteiger partial charge in [0.1, 0.15) is 0 Å². The van der Waals surface area contributed by atoms with E-state index in [4.69, 9.17) is 0 Å². The first kappa shape index (κ1) is 21.8. The van der Waals surface area contributed by atoms with Crippen LogP contribution in [-0.2, 0) is 16.6 Å². The second kappa shape index (κ2) is 9.30. The Bertz CT molecular complexity index is 1070. The normalized spacial score (nSPS) is 11.9. The lowest BCUT2D eigenvalue weighted by Gasteiger charge is -2.12. The van der Waals surface area contributed by atoms with Crippen molar-refractivity contribution >= 4 is 40.6 Å².